The minimum atomic E-state index is -0.830. The van der Waals surface area contributed by atoms with E-state index in [9.17, 15) is 9.59 Å². The monoisotopic (exact) mass is 274 g/mol. The van der Waals surface area contributed by atoms with Gasteiger partial charge in [-0.1, -0.05) is 13.3 Å². The van der Waals surface area contributed by atoms with Gasteiger partial charge in [-0.2, -0.15) is 11.8 Å². The lowest BCUT2D eigenvalue weighted by atomic mass is 10.1. The van der Waals surface area contributed by atoms with Gasteiger partial charge in [-0.15, -0.1) is 0 Å². The summed E-state index contributed by atoms with van der Waals surface area (Å²) in [5, 5.41) is 14.7. The summed E-state index contributed by atoms with van der Waals surface area (Å²) >= 11 is 1.92. The van der Waals surface area contributed by atoms with Crippen LogP contribution in [0.1, 0.15) is 32.6 Å². The fourth-order valence-corrected chi connectivity index (χ4v) is 3.11. The van der Waals surface area contributed by atoms with Crippen molar-refractivity contribution < 1.29 is 14.7 Å². The first-order valence-corrected chi connectivity index (χ1v) is 7.48. The molecule has 1 aliphatic heterocycles. The van der Waals surface area contributed by atoms with Crippen molar-refractivity contribution in [2.45, 2.75) is 37.9 Å². The van der Waals surface area contributed by atoms with Crippen molar-refractivity contribution in [3.8, 4) is 0 Å². The van der Waals surface area contributed by atoms with Crippen LogP contribution < -0.4 is 10.6 Å². The van der Waals surface area contributed by atoms with Crippen molar-refractivity contribution >= 4 is 23.8 Å². The quantitative estimate of drug-likeness (QED) is 0.688. The molecule has 0 radical (unpaired) electrons. The van der Waals surface area contributed by atoms with E-state index in [-0.39, 0.29) is 18.4 Å². The first-order valence-electron chi connectivity index (χ1n) is 6.43. The fraction of sp³-hybridized carbons (Fsp3) is 0.833. The first kappa shape index (κ1) is 15.1. The zero-order valence-corrected chi connectivity index (χ0v) is 11.6. The molecule has 6 heteroatoms. The number of hydrogen-bond acceptors (Lipinski definition) is 3. The summed E-state index contributed by atoms with van der Waals surface area (Å²) in [6, 6.07) is -0.196. The number of thioether (sulfide) groups is 1. The number of hydrogen-bond donors (Lipinski definition) is 3. The Balaban J connectivity index is 2.07. The molecule has 0 aromatic heterocycles. The highest BCUT2D eigenvalue weighted by Gasteiger charge is 2.15. The lowest BCUT2D eigenvalue weighted by Crippen LogP contribution is -2.41. The van der Waals surface area contributed by atoms with E-state index in [2.05, 4.69) is 10.6 Å². The molecule has 18 heavy (non-hydrogen) atoms. The maximum atomic E-state index is 11.5. The van der Waals surface area contributed by atoms with Crippen LogP contribution in [0.25, 0.3) is 0 Å². The third kappa shape index (κ3) is 6.74. The molecular formula is C12H22N2O3S. The summed E-state index contributed by atoms with van der Waals surface area (Å²) in [6.07, 6.45) is 3.77. The Kier molecular flexibility index (Phi) is 6.93. The van der Waals surface area contributed by atoms with Gasteiger partial charge in [-0.25, -0.2) is 4.79 Å². The summed E-state index contributed by atoms with van der Waals surface area (Å²) in [4.78, 5) is 22.0. The molecule has 1 rings (SSSR count). The molecule has 3 N–H and O–H groups in total. The van der Waals surface area contributed by atoms with Crippen LogP contribution in [0.4, 0.5) is 4.79 Å². The van der Waals surface area contributed by atoms with Crippen LogP contribution in [0.15, 0.2) is 0 Å². The van der Waals surface area contributed by atoms with Crippen molar-refractivity contribution in [2.24, 2.45) is 5.92 Å². The summed E-state index contributed by atoms with van der Waals surface area (Å²) in [7, 11) is 0. The second-order valence-electron chi connectivity index (χ2n) is 4.78. The molecule has 1 aliphatic rings. The van der Waals surface area contributed by atoms with E-state index in [1.807, 2.05) is 18.7 Å². The number of nitrogens with one attached hydrogen (secondary N) is 2. The normalized spacial score (nSPS) is 21.1. The molecule has 1 saturated heterocycles. The smallest absolute Gasteiger partial charge is 0.314 e. The highest BCUT2D eigenvalue weighted by atomic mass is 32.2. The Hall–Kier alpha value is -0.910. The highest BCUT2D eigenvalue weighted by Crippen LogP contribution is 2.24. The van der Waals surface area contributed by atoms with E-state index >= 15 is 0 Å². The van der Waals surface area contributed by atoms with Crippen LogP contribution in [0.2, 0.25) is 0 Å². The van der Waals surface area contributed by atoms with Gasteiger partial charge in [0.25, 0.3) is 0 Å². The molecule has 0 aromatic carbocycles. The molecule has 0 aliphatic carbocycles. The van der Waals surface area contributed by atoms with Gasteiger partial charge in [0, 0.05) is 24.8 Å². The number of carbonyl (C=O) groups is 2. The van der Waals surface area contributed by atoms with E-state index in [4.69, 9.17) is 5.11 Å². The number of urea groups is 1. The topological polar surface area (TPSA) is 78.4 Å². The molecule has 0 bridgehead atoms. The minimum Gasteiger partial charge on any atom is -0.481 e. The zero-order valence-electron chi connectivity index (χ0n) is 10.8. The van der Waals surface area contributed by atoms with Gasteiger partial charge in [0.05, 0.1) is 0 Å². The number of aliphatic carboxylic acids is 1. The van der Waals surface area contributed by atoms with Gasteiger partial charge in [0.15, 0.2) is 0 Å². The molecule has 0 saturated carbocycles. The first-order chi connectivity index (χ1) is 8.58. The summed E-state index contributed by atoms with van der Waals surface area (Å²) in [5.41, 5.74) is 0. The summed E-state index contributed by atoms with van der Waals surface area (Å²) in [6.45, 7) is 2.91. The molecule has 1 heterocycles. The molecule has 2 amide bonds. The predicted molar refractivity (Wildman–Crippen MR) is 72.9 cm³/mol. The van der Waals surface area contributed by atoms with Crippen molar-refractivity contribution in [3.05, 3.63) is 0 Å². The summed E-state index contributed by atoms with van der Waals surface area (Å²) in [5.74, 6) is 0.310. The van der Waals surface area contributed by atoms with Crippen molar-refractivity contribution in [1.29, 1.82) is 0 Å². The molecule has 1 fully saturated rings. The maximum Gasteiger partial charge on any atom is 0.314 e. The van der Waals surface area contributed by atoms with E-state index < -0.39 is 5.97 Å². The Labute approximate surface area is 112 Å². The van der Waals surface area contributed by atoms with Crippen LogP contribution in [-0.2, 0) is 4.79 Å². The summed E-state index contributed by atoms with van der Waals surface area (Å²) < 4.78 is 0. The van der Waals surface area contributed by atoms with Gasteiger partial charge in [0.2, 0.25) is 0 Å². The lowest BCUT2D eigenvalue weighted by molar-refractivity contribution is -0.137. The Morgan fingerprint density at radius 3 is 2.78 bits per heavy atom. The van der Waals surface area contributed by atoms with E-state index in [1.165, 1.54) is 25.0 Å². The second-order valence-corrected chi connectivity index (χ2v) is 6.19. The van der Waals surface area contributed by atoms with E-state index in [0.717, 1.165) is 0 Å². The molecule has 2 unspecified atom stereocenters. The maximum absolute atomic E-state index is 11.5. The lowest BCUT2D eigenvalue weighted by Gasteiger charge is -2.21. The molecule has 2 atom stereocenters. The van der Waals surface area contributed by atoms with Gasteiger partial charge in [-0.05, 0) is 24.5 Å². The highest BCUT2D eigenvalue weighted by molar-refractivity contribution is 7.99. The third-order valence-electron chi connectivity index (χ3n) is 2.90. The average molecular weight is 274 g/mol. The largest absolute Gasteiger partial charge is 0.481 e. The average Bonchev–Trinajstić information content (AvgIpc) is 2.34. The van der Waals surface area contributed by atoms with Crippen LogP contribution in [0.5, 0.6) is 0 Å². The molecule has 5 nitrogen and oxygen atoms in total. The zero-order chi connectivity index (χ0) is 13.4. The van der Waals surface area contributed by atoms with Gasteiger partial charge in [0.1, 0.15) is 0 Å². The SMILES string of the molecule is CC(CNC(=O)NCC1CCCCS1)CC(=O)O. The molecule has 0 spiro atoms. The van der Waals surface area contributed by atoms with Gasteiger partial charge < -0.3 is 15.7 Å². The number of carboxylic acids is 1. The Morgan fingerprint density at radius 1 is 1.39 bits per heavy atom. The number of carboxylic acid groups (broad SMARTS) is 1. The van der Waals surface area contributed by atoms with Crippen LogP contribution >= 0.6 is 11.8 Å². The number of amides is 2. The van der Waals surface area contributed by atoms with Crippen LogP contribution in [0, 0.1) is 5.92 Å². The van der Waals surface area contributed by atoms with Gasteiger partial charge >= 0.3 is 12.0 Å². The third-order valence-corrected chi connectivity index (χ3v) is 4.30. The number of carbonyl (C=O) groups excluding carboxylic acids is 1. The van der Waals surface area contributed by atoms with Crippen molar-refractivity contribution in [3.63, 3.8) is 0 Å². The van der Waals surface area contributed by atoms with E-state index in [1.54, 1.807) is 0 Å². The van der Waals surface area contributed by atoms with Crippen LogP contribution in [-0.4, -0.2) is 41.2 Å². The van der Waals surface area contributed by atoms with Crippen molar-refractivity contribution in [2.75, 3.05) is 18.8 Å². The Morgan fingerprint density at radius 2 is 2.17 bits per heavy atom. The van der Waals surface area contributed by atoms with E-state index in [0.29, 0.717) is 18.3 Å². The fourth-order valence-electron chi connectivity index (χ4n) is 1.87. The van der Waals surface area contributed by atoms with Crippen molar-refractivity contribution in [1.82, 2.24) is 10.6 Å². The number of rotatable bonds is 6. The standard InChI is InChI=1S/C12H22N2O3S/c1-9(6-11(15)16)7-13-12(17)14-8-10-4-2-3-5-18-10/h9-10H,2-8H2,1H3,(H,15,16)(H2,13,14,17). The van der Waals surface area contributed by atoms with Crippen LogP contribution in [0.3, 0.4) is 0 Å². The Bertz CT molecular complexity index is 280. The van der Waals surface area contributed by atoms with Gasteiger partial charge in [-0.3, -0.25) is 4.79 Å². The predicted octanol–water partition coefficient (Wildman–Crippen LogP) is 1.68. The molecule has 0 aromatic rings. The second kappa shape index (κ2) is 8.24. The molecule has 104 valence electrons. The molecular weight excluding hydrogens is 252 g/mol. The minimum absolute atomic E-state index is 0.0442.